The second kappa shape index (κ2) is 4.63. The molecule has 0 bridgehead atoms. The number of halogens is 3. The Hall–Kier alpha value is -2.27. The van der Waals surface area contributed by atoms with Crippen molar-refractivity contribution >= 4 is 11.0 Å². The lowest BCUT2D eigenvalue weighted by Crippen LogP contribution is -2.22. The lowest BCUT2D eigenvalue weighted by Gasteiger charge is -2.21. The lowest BCUT2D eigenvalue weighted by molar-refractivity contribution is 0.0779. The SMILES string of the molecule is CC(O)(c1cc(F)cc(F)c1)c1cc2cc(F)ccc2o1. The number of rotatable bonds is 2. The average Bonchev–Trinajstić information content (AvgIpc) is 2.81. The van der Waals surface area contributed by atoms with Crippen molar-refractivity contribution in [2.75, 3.05) is 0 Å². The molecule has 1 atom stereocenters. The number of furan rings is 1. The molecule has 3 rings (SSSR count). The predicted molar refractivity (Wildman–Crippen MR) is 71.2 cm³/mol. The van der Waals surface area contributed by atoms with Gasteiger partial charge in [-0.1, -0.05) is 0 Å². The van der Waals surface area contributed by atoms with Crippen LogP contribution in [0.4, 0.5) is 13.2 Å². The molecule has 0 spiro atoms. The van der Waals surface area contributed by atoms with E-state index in [9.17, 15) is 18.3 Å². The second-order valence-electron chi connectivity index (χ2n) is 5.02. The lowest BCUT2D eigenvalue weighted by atomic mass is 9.93. The molecule has 1 heterocycles. The van der Waals surface area contributed by atoms with Gasteiger partial charge in [-0.2, -0.15) is 0 Å². The normalized spacial score (nSPS) is 14.3. The molecule has 0 radical (unpaired) electrons. The summed E-state index contributed by atoms with van der Waals surface area (Å²) in [6, 6.07) is 8.12. The van der Waals surface area contributed by atoms with Gasteiger partial charge in [-0.05, 0) is 48.9 Å². The van der Waals surface area contributed by atoms with Crippen molar-refractivity contribution in [2.45, 2.75) is 12.5 Å². The fourth-order valence-electron chi connectivity index (χ4n) is 2.23. The van der Waals surface area contributed by atoms with Crippen LogP contribution in [0, 0.1) is 17.5 Å². The van der Waals surface area contributed by atoms with Gasteiger partial charge in [0.15, 0.2) is 0 Å². The molecular formula is C16H11F3O2. The molecule has 2 nitrogen and oxygen atoms in total. The minimum atomic E-state index is -1.74. The topological polar surface area (TPSA) is 33.4 Å². The van der Waals surface area contributed by atoms with Crippen LogP contribution in [-0.4, -0.2) is 5.11 Å². The molecule has 2 aromatic carbocycles. The Bertz CT molecular complexity index is 801. The molecule has 0 fully saturated rings. The fraction of sp³-hybridized carbons (Fsp3) is 0.125. The van der Waals surface area contributed by atoms with Crippen molar-refractivity contribution in [1.29, 1.82) is 0 Å². The molecule has 1 aromatic heterocycles. The molecule has 5 heteroatoms. The van der Waals surface area contributed by atoms with E-state index >= 15 is 0 Å². The van der Waals surface area contributed by atoms with E-state index in [1.54, 1.807) is 0 Å². The molecule has 3 aromatic rings. The van der Waals surface area contributed by atoms with Crippen LogP contribution in [0.15, 0.2) is 46.9 Å². The molecular weight excluding hydrogens is 281 g/mol. The molecule has 108 valence electrons. The van der Waals surface area contributed by atoms with Crippen molar-refractivity contribution in [3.05, 3.63) is 71.2 Å². The Morgan fingerprint density at radius 3 is 2.24 bits per heavy atom. The summed E-state index contributed by atoms with van der Waals surface area (Å²) < 4.78 is 45.2. The second-order valence-corrected chi connectivity index (χ2v) is 5.02. The fourth-order valence-corrected chi connectivity index (χ4v) is 2.23. The van der Waals surface area contributed by atoms with Crippen LogP contribution in [0.25, 0.3) is 11.0 Å². The summed E-state index contributed by atoms with van der Waals surface area (Å²) in [4.78, 5) is 0. The van der Waals surface area contributed by atoms with Crippen molar-refractivity contribution < 1.29 is 22.7 Å². The van der Waals surface area contributed by atoms with Gasteiger partial charge in [-0.3, -0.25) is 0 Å². The van der Waals surface area contributed by atoms with Gasteiger partial charge in [0.2, 0.25) is 0 Å². The highest BCUT2D eigenvalue weighted by Crippen LogP contribution is 2.34. The third-order valence-electron chi connectivity index (χ3n) is 3.38. The van der Waals surface area contributed by atoms with E-state index in [0.717, 1.165) is 12.1 Å². The zero-order valence-corrected chi connectivity index (χ0v) is 11.0. The minimum absolute atomic E-state index is 0.0135. The Balaban J connectivity index is 2.14. The van der Waals surface area contributed by atoms with E-state index in [1.165, 1.54) is 31.2 Å². The monoisotopic (exact) mass is 292 g/mol. The Morgan fingerprint density at radius 2 is 1.57 bits per heavy atom. The van der Waals surface area contributed by atoms with Gasteiger partial charge >= 0.3 is 0 Å². The van der Waals surface area contributed by atoms with Crippen LogP contribution in [0.5, 0.6) is 0 Å². The maximum atomic E-state index is 13.3. The number of benzene rings is 2. The van der Waals surface area contributed by atoms with Crippen LogP contribution in [0.2, 0.25) is 0 Å². The molecule has 0 saturated heterocycles. The Labute approximate surface area is 118 Å². The first-order valence-corrected chi connectivity index (χ1v) is 6.25. The molecule has 21 heavy (non-hydrogen) atoms. The van der Waals surface area contributed by atoms with Gasteiger partial charge in [0, 0.05) is 11.5 Å². The van der Waals surface area contributed by atoms with E-state index in [0.29, 0.717) is 17.0 Å². The summed E-state index contributed by atoms with van der Waals surface area (Å²) in [7, 11) is 0. The summed E-state index contributed by atoms with van der Waals surface area (Å²) in [5, 5.41) is 11.0. The van der Waals surface area contributed by atoms with Gasteiger partial charge < -0.3 is 9.52 Å². The maximum Gasteiger partial charge on any atom is 0.144 e. The quantitative estimate of drug-likeness (QED) is 0.771. The van der Waals surface area contributed by atoms with E-state index in [4.69, 9.17) is 4.42 Å². The highest BCUT2D eigenvalue weighted by Gasteiger charge is 2.30. The van der Waals surface area contributed by atoms with Crippen LogP contribution < -0.4 is 0 Å². The van der Waals surface area contributed by atoms with Crippen molar-refractivity contribution in [2.24, 2.45) is 0 Å². The van der Waals surface area contributed by atoms with Gasteiger partial charge in [0.25, 0.3) is 0 Å². The average molecular weight is 292 g/mol. The summed E-state index contributed by atoms with van der Waals surface area (Å²) in [5.41, 5.74) is -1.35. The van der Waals surface area contributed by atoms with Crippen LogP contribution in [0.1, 0.15) is 18.2 Å². The first kappa shape index (κ1) is 13.7. The number of hydrogen-bond acceptors (Lipinski definition) is 2. The number of fused-ring (bicyclic) bond motifs is 1. The van der Waals surface area contributed by atoms with Crippen molar-refractivity contribution in [3.8, 4) is 0 Å². The standard InChI is InChI=1S/C16H11F3O2/c1-16(20,10-6-12(18)8-13(19)7-10)15-5-9-4-11(17)2-3-14(9)21-15/h2-8,20H,1H3. The summed E-state index contributed by atoms with van der Waals surface area (Å²) in [5.74, 6) is -1.96. The van der Waals surface area contributed by atoms with Crippen LogP contribution >= 0.6 is 0 Å². The van der Waals surface area contributed by atoms with E-state index in [-0.39, 0.29) is 11.3 Å². The van der Waals surface area contributed by atoms with Crippen LogP contribution in [-0.2, 0) is 5.60 Å². The Kier molecular flexibility index (Phi) is 3.02. The zero-order valence-electron chi connectivity index (χ0n) is 11.0. The van der Waals surface area contributed by atoms with Crippen LogP contribution in [0.3, 0.4) is 0 Å². The van der Waals surface area contributed by atoms with Crippen molar-refractivity contribution in [1.82, 2.24) is 0 Å². The van der Waals surface area contributed by atoms with Gasteiger partial charge in [0.1, 0.15) is 34.4 Å². The van der Waals surface area contributed by atoms with E-state index < -0.39 is 23.1 Å². The van der Waals surface area contributed by atoms with Gasteiger partial charge in [0.05, 0.1) is 0 Å². The summed E-state index contributed by atoms with van der Waals surface area (Å²) in [6.45, 7) is 1.36. The summed E-state index contributed by atoms with van der Waals surface area (Å²) in [6.07, 6.45) is 0. The predicted octanol–water partition coefficient (Wildman–Crippen LogP) is 4.11. The smallest absolute Gasteiger partial charge is 0.144 e. The first-order valence-electron chi connectivity index (χ1n) is 6.25. The first-order chi connectivity index (χ1) is 9.86. The molecule has 0 aliphatic carbocycles. The highest BCUT2D eigenvalue weighted by molar-refractivity contribution is 5.78. The largest absolute Gasteiger partial charge is 0.458 e. The molecule has 0 aliphatic rings. The van der Waals surface area contributed by atoms with Gasteiger partial charge in [-0.25, -0.2) is 13.2 Å². The molecule has 0 aliphatic heterocycles. The van der Waals surface area contributed by atoms with Crippen molar-refractivity contribution in [3.63, 3.8) is 0 Å². The van der Waals surface area contributed by atoms with Gasteiger partial charge in [-0.15, -0.1) is 0 Å². The molecule has 1 N–H and O–H groups in total. The highest BCUT2D eigenvalue weighted by atomic mass is 19.1. The zero-order chi connectivity index (χ0) is 15.2. The third-order valence-corrected chi connectivity index (χ3v) is 3.38. The van der Waals surface area contributed by atoms with E-state index in [2.05, 4.69) is 0 Å². The number of hydrogen-bond donors (Lipinski definition) is 1. The molecule has 0 saturated carbocycles. The third kappa shape index (κ3) is 2.40. The van der Waals surface area contributed by atoms with E-state index in [1.807, 2.05) is 0 Å². The molecule has 1 unspecified atom stereocenters. The maximum absolute atomic E-state index is 13.3. The Morgan fingerprint density at radius 1 is 0.905 bits per heavy atom. The summed E-state index contributed by atoms with van der Waals surface area (Å²) >= 11 is 0. The number of aliphatic hydroxyl groups is 1. The molecule has 0 amide bonds. The minimum Gasteiger partial charge on any atom is -0.458 e.